The van der Waals surface area contributed by atoms with Crippen molar-refractivity contribution in [3.8, 4) is 11.1 Å². The second-order valence-electron chi connectivity index (χ2n) is 4.26. The molecule has 3 rings (SSSR count). The van der Waals surface area contributed by atoms with Gasteiger partial charge in [-0.2, -0.15) is 18.3 Å². The Morgan fingerprint density at radius 3 is 2.55 bits per heavy atom. The van der Waals surface area contributed by atoms with Gasteiger partial charge >= 0.3 is 6.18 Å². The SMILES string of the molecule is Nc1cnc2c(-c3ccccc3C(F)(F)F)cnn2c1. The Morgan fingerprint density at radius 2 is 1.80 bits per heavy atom. The monoisotopic (exact) mass is 278 g/mol. The number of alkyl halides is 3. The van der Waals surface area contributed by atoms with Crippen molar-refractivity contribution >= 4 is 11.3 Å². The molecule has 4 nitrogen and oxygen atoms in total. The third kappa shape index (κ3) is 1.97. The first kappa shape index (κ1) is 12.5. The van der Waals surface area contributed by atoms with Gasteiger partial charge in [-0.05, 0) is 11.6 Å². The van der Waals surface area contributed by atoms with Crippen LogP contribution in [0.4, 0.5) is 18.9 Å². The molecule has 0 aliphatic carbocycles. The van der Waals surface area contributed by atoms with Gasteiger partial charge in [-0.25, -0.2) is 9.50 Å². The molecule has 0 spiro atoms. The Morgan fingerprint density at radius 1 is 1.05 bits per heavy atom. The third-order valence-corrected chi connectivity index (χ3v) is 2.90. The molecule has 0 fully saturated rings. The third-order valence-electron chi connectivity index (χ3n) is 2.90. The highest BCUT2D eigenvalue weighted by Gasteiger charge is 2.34. The highest BCUT2D eigenvalue weighted by Crippen LogP contribution is 2.37. The minimum Gasteiger partial charge on any atom is -0.396 e. The lowest BCUT2D eigenvalue weighted by atomic mass is 10.0. The van der Waals surface area contributed by atoms with E-state index in [2.05, 4.69) is 10.1 Å². The van der Waals surface area contributed by atoms with Crippen molar-refractivity contribution in [2.75, 3.05) is 5.73 Å². The fraction of sp³-hybridized carbons (Fsp3) is 0.0769. The summed E-state index contributed by atoms with van der Waals surface area (Å²) < 4.78 is 40.5. The van der Waals surface area contributed by atoms with E-state index in [-0.39, 0.29) is 5.56 Å². The second kappa shape index (κ2) is 4.22. The van der Waals surface area contributed by atoms with Crippen molar-refractivity contribution in [2.45, 2.75) is 6.18 Å². The molecule has 102 valence electrons. The maximum atomic E-state index is 13.0. The van der Waals surface area contributed by atoms with E-state index >= 15 is 0 Å². The molecule has 2 aromatic heterocycles. The molecule has 0 amide bonds. The van der Waals surface area contributed by atoms with E-state index in [0.29, 0.717) is 16.9 Å². The second-order valence-corrected chi connectivity index (χ2v) is 4.26. The molecule has 20 heavy (non-hydrogen) atoms. The van der Waals surface area contributed by atoms with Crippen molar-refractivity contribution in [2.24, 2.45) is 0 Å². The van der Waals surface area contributed by atoms with E-state index in [0.717, 1.165) is 6.07 Å². The molecule has 3 aromatic rings. The van der Waals surface area contributed by atoms with Crippen LogP contribution in [0.3, 0.4) is 0 Å². The zero-order valence-electron chi connectivity index (χ0n) is 10.1. The molecule has 0 aliphatic rings. The topological polar surface area (TPSA) is 56.2 Å². The lowest BCUT2D eigenvalue weighted by molar-refractivity contribution is -0.137. The van der Waals surface area contributed by atoms with Crippen molar-refractivity contribution in [3.63, 3.8) is 0 Å². The molecular formula is C13H9F3N4. The normalized spacial score (nSPS) is 11.9. The summed E-state index contributed by atoms with van der Waals surface area (Å²) in [5.74, 6) is 0. The average Bonchev–Trinajstić information content (AvgIpc) is 2.80. The summed E-state index contributed by atoms with van der Waals surface area (Å²) in [5.41, 5.74) is 5.93. The number of nitrogens with zero attached hydrogens (tertiary/aromatic N) is 3. The smallest absolute Gasteiger partial charge is 0.396 e. The van der Waals surface area contributed by atoms with Gasteiger partial charge in [0.25, 0.3) is 0 Å². The number of fused-ring (bicyclic) bond motifs is 1. The van der Waals surface area contributed by atoms with Gasteiger partial charge < -0.3 is 5.73 Å². The van der Waals surface area contributed by atoms with Crippen molar-refractivity contribution in [1.82, 2.24) is 14.6 Å². The first-order chi connectivity index (χ1) is 9.47. The molecule has 0 saturated heterocycles. The fourth-order valence-corrected chi connectivity index (χ4v) is 2.04. The molecule has 0 radical (unpaired) electrons. The van der Waals surface area contributed by atoms with Crippen LogP contribution in [0.1, 0.15) is 5.56 Å². The molecule has 0 unspecified atom stereocenters. The largest absolute Gasteiger partial charge is 0.417 e. The Balaban J connectivity index is 2.27. The Bertz CT molecular complexity index is 777. The van der Waals surface area contributed by atoms with Crippen molar-refractivity contribution in [3.05, 3.63) is 48.4 Å². The Kier molecular flexibility index (Phi) is 2.63. The number of hydrogen-bond acceptors (Lipinski definition) is 3. The van der Waals surface area contributed by atoms with E-state index < -0.39 is 11.7 Å². The van der Waals surface area contributed by atoms with Gasteiger partial charge in [-0.3, -0.25) is 0 Å². The van der Waals surface area contributed by atoms with Crippen LogP contribution >= 0.6 is 0 Å². The van der Waals surface area contributed by atoms with Crippen molar-refractivity contribution in [1.29, 1.82) is 0 Å². The van der Waals surface area contributed by atoms with Crippen LogP contribution in [-0.4, -0.2) is 14.6 Å². The maximum Gasteiger partial charge on any atom is 0.417 e. The van der Waals surface area contributed by atoms with Crippen molar-refractivity contribution < 1.29 is 13.2 Å². The van der Waals surface area contributed by atoms with Crippen LogP contribution in [0.2, 0.25) is 0 Å². The van der Waals surface area contributed by atoms with Gasteiger partial charge in [0.15, 0.2) is 5.65 Å². The molecular weight excluding hydrogens is 269 g/mol. The number of hydrogen-bond donors (Lipinski definition) is 1. The summed E-state index contributed by atoms with van der Waals surface area (Å²) in [4.78, 5) is 4.05. The van der Waals surface area contributed by atoms with E-state index in [1.54, 1.807) is 6.07 Å². The number of nitrogens with two attached hydrogens (primary N) is 1. The summed E-state index contributed by atoms with van der Waals surface area (Å²) in [7, 11) is 0. The molecule has 2 N–H and O–H groups in total. The predicted molar refractivity (Wildman–Crippen MR) is 67.8 cm³/mol. The van der Waals surface area contributed by atoms with E-state index in [4.69, 9.17) is 5.73 Å². The summed E-state index contributed by atoms with van der Waals surface area (Å²) in [6, 6.07) is 5.34. The minimum atomic E-state index is -4.43. The Labute approximate surface area is 111 Å². The Hall–Kier alpha value is -2.57. The van der Waals surface area contributed by atoms with Crippen LogP contribution in [-0.2, 0) is 6.18 Å². The van der Waals surface area contributed by atoms with E-state index in [1.165, 1.54) is 35.2 Å². The van der Waals surface area contributed by atoms with Gasteiger partial charge in [0.05, 0.1) is 29.8 Å². The zero-order chi connectivity index (χ0) is 14.3. The minimum absolute atomic E-state index is 0.0484. The van der Waals surface area contributed by atoms with Crippen LogP contribution in [0.15, 0.2) is 42.9 Å². The average molecular weight is 278 g/mol. The molecule has 7 heteroatoms. The molecule has 0 atom stereocenters. The standard InChI is InChI=1S/C13H9F3N4/c14-13(15,16)11-4-2-1-3-9(11)10-6-19-20-7-8(17)5-18-12(10)20/h1-7H,17H2. The van der Waals surface area contributed by atoms with Gasteiger partial charge in [0.2, 0.25) is 0 Å². The van der Waals surface area contributed by atoms with E-state index in [1.807, 2.05) is 0 Å². The summed E-state index contributed by atoms with van der Waals surface area (Å²) >= 11 is 0. The maximum absolute atomic E-state index is 13.0. The quantitative estimate of drug-likeness (QED) is 0.744. The fourth-order valence-electron chi connectivity index (χ4n) is 2.04. The zero-order valence-corrected chi connectivity index (χ0v) is 10.1. The van der Waals surface area contributed by atoms with Crippen LogP contribution in [0.25, 0.3) is 16.8 Å². The van der Waals surface area contributed by atoms with Crippen LogP contribution in [0.5, 0.6) is 0 Å². The molecule has 0 bridgehead atoms. The van der Waals surface area contributed by atoms with Gasteiger partial charge in [-0.15, -0.1) is 0 Å². The van der Waals surface area contributed by atoms with Gasteiger partial charge in [-0.1, -0.05) is 18.2 Å². The van der Waals surface area contributed by atoms with Crippen LogP contribution < -0.4 is 5.73 Å². The first-order valence-corrected chi connectivity index (χ1v) is 5.72. The van der Waals surface area contributed by atoms with Gasteiger partial charge in [0.1, 0.15) is 0 Å². The molecule has 0 aliphatic heterocycles. The number of anilines is 1. The summed E-state index contributed by atoms with van der Waals surface area (Å²) in [6.45, 7) is 0. The number of halogens is 3. The molecule has 2 heterocycles. The number of rotatable bonds is 1. The number of benzene rings is 1. The lowest BCUT2D eigenvalue weighted by Crippen LogP contribution is -2.06. The highest BCUT2D eigenvalue weighted by atomic mass is 19.4. The number of nitrogen functional groups attached to an aromatic ring is 1. The highest BCUT2D eigenvalue weighted by molar-refractivity contribution is 5.79. The number of aromatic nitrogens is 3. The summed E-state index contributed by atoms with van der Waals surface area (Å²) in [5, 5.41) is 3.99. The van der Waals surface area contributed by atoms with Gasteiger partial charge in [0, 0.05) is 5.56 Å². The molecule has 1 aromatic carbocycles. The lowest BCUT2D eigenvalue weighted by Gasteiger charge is -2.11. The summed E-state index contributed by atoms with van der Waals surface area (Å²) in [6.07, 6.45) is -0.191. The van der Waals surface area contributed by atoms with Crippen LogP contribution in [0, 0.1) is 0 Å². The molecule has 0 saturated carbocycles. The van der Waals surface area contributed by atoms with E-state index in [9.17, 15) is 13.2 Å². The first-order valence-electron chi connectivity index (χ1n) is 5.72. The predicted octanol–water partition coefficient (Wildman–Crippen LogP) is 3.00.